The van der Waals surface area contributed by atoms with Crippen LogP contribution in [-0.2, 0) is 0 Å². The highest BCUT2D eigenvalue weighted by Gasteiger charge is 2.12. The maximum atomic E-state index is 13.5. The Balaban J connectivity index is 2.45. The molecule has 0 aromatic heterocycles. The van der Waals surface area contributed by atoms with Crippen molar-refractivity contribution in [1.29, 1.82) is 0 Å². The van der Waals surface area contributed by atoms with E-state index < -0.39 is 0 Å². The lowest BCUT2D eigenvalue weighted by molar-refractivity contribution is 0.318. The molecule has 0 saturated carbocycles. The molecule has 2 aromatic carbocycles. The summed E-state index contributed by atoms with van der Waals surface area (Å²) in [5, 5.41) is 11.8. The van der Waals surface area contributed by atoms with Crippen molar-refractivity contribution in [2.75, 3.05) is 0 Å². The van der Waals surface area contributed by atoms with E-state index in [9.17, 15) is 4.39 Å². The van der Waals surface area contributed by atoms with Crippen LogP contribution in [0.15, 0.2) is 41.6 Å². The molecule has 0 atom stereocenters. The molecule has 0 bridgehead atoms. The molecule has 0 aliphatic heterocycles. The second kappa shape index (κ2) is 5.61. The van der Waals surface area contributed by atoms with Gasteiger partial charge in [0.25, 0.3) is 0 Å². The van der Waals surface area contributed by atoms with E-state index in [1.807, 2.05) is 13.0 Å². The molecule has 4 nitrogen and oxygen atoms in total. The van der Waals surface area contributed by atoms with Crippen molar-refractivity contribution < 1.29 is 14.3 Å². The molecule has 0 radical (unpaired) electrons. The molecule has 2 rings (SSSR count). The van der Waals surface area contributed by atoms with Crippen LogP contribution in [0.4, 0.5) is 4.39 Å². The van der Waals surface area contributed by atoms with Crippen LogP contribution in [0.5, 0.6) is 11.5 Å². The lowest BCUT2D eigenvalue weighted by Crippen LogP contribution is -2.14. The van der Waals surface area contributed by atoms with E-state index in [0.29, 0.717) is 22.6 Å². The zero-order chi connectivity index (χ0) is 14.7. The fraction of sp³-hybridized carbons (Fsp3) is 0.133. The molecule has 0 heterocycles. The Bertz CT molecular complexity index is 669. The summed E-state index contributed by atoms with van der Waals surface area (Å²) in [6.45, 7) is 3.50. The molecule has 0 saturated heterocycles. The van der Waals surface area contributed by atoms with Gasteiger partial charge in [-0.2, -0.15) is 0 Å². The van der Waals surface area contributed by atoms with Crippen LogP contribution < -0.4 is 10.5 Å². The first-order valence-electron chi connectivity index (χ1n) is 6.04. The summed E-state index contributed by atoms with van der Waals surface area (Å²) in [4.78, 5) is 0. The smallest absolute Gasteiger partial charge is 0.173 e. The van der Waals surface area contributed by atoms with Crippen molar-refractivity contribution in [2.45, 2.75) is 13.8 Å². The van der Waals surface area contributed by atoms with Gasteiger partial charge in [-0.15, -0.1) is 0 Å². The molecule has 3 N–H and O–H groups in total. The first-order chi connectivity index (χ1) is 9.52. The average Bonchev–Trinajstić information content (AvgIpc) is 2.44. The van der Waals surface area contributed by atoms with Crippen LogP contribution >= 0.6 is 0 Å². The van der Waals surface area contributed by atoms with Gasteiger partial charge < -0.3 is 15.7 Å². The summed E-state index contributed by atoms with van der Waals surface area (Å²) in [5.41, 5.74) is 7.41. The number of nitrogens with zero attached hydrogens (tertiary/aromatic N) is 1. The third-order valence-electron chi connectivity index (χ3n) is 2.96. The van der Waals surface area contributed by atoms with Crippen LogP contribution in [0.2, 0.25) is 0 Å². The number of nitrogens with two attached hydrogens (primary N) is 1. The maximum absolute atomic E-state index is 13.5. The van der Waals surface area contributed by atoms with Gasteiger partial charge in [-0.1, -0.05) is 23.4 Å². The van der Waals surface area contributed by atoms with Crippen molar-refractivity contribution in [3.05, 3.63) is 58.9 Å². The van der Waals surface area contributed by atoms with Gasteiger partial charge in [-0.05, 0) is 37.1 Å². The van der Waals surface area contributed by atoms with Crippen molar-refractivity contribution in [1.82, 2.24) is 0 Å². The Hall–Kier alpha value is -2.56. The van der Waals surface area contributed by atoms with Crippen molar-refractivity contribution in [3.8, 4) is 11.5 Å². The SMILES string of the molecule is Cc1ccc(Oc2c(C)cccc2/C(N)=N/O)cc1F. The van der Waals surface area contributed by atoms with Gasteiger partial charge in [0.05, 0.1) is 5.56 Å². The Kier molecular flexibility index (Phi) is 3.89. The summed E-state index contributed by atoms with van der Waals surface area (Å²) in [6, 6.07) is 9.87. The number of para-hydroxylation sites is 1. The highest BCUT2D eigenvalue weighted by atomic mass is 19.1. The summed E-state index contributed by atoms with van der Waals surface area (Å²) >= 11 is 0. The molecule has 5 heteroatoms. The van der Waals surface area contributed by atoms with E-state index in [4.69, 9.17) is 15.7 Å². The Morgan fingerprint density at radius 3 is 2.60 bits per heavy atom. The van der Waals surface area contributed by atoms with Gasteiger partial charge in [0, 0.05) is 6.07 Å². The molecule has 0 fully saturated rings. The van der Waals surface area contributed by atoms with Gasteiger partial charge in [0.15, 0.2) is 5.84 Å². The Labute approximate surface area is 116 Å². The number of ether oxygens (including phenoxy) is 1. The molecule has 2 aromatic rings. The van der Waals surface area contributed by atoms with Crippen molar-refractivity contribution in [2.24, 2.45) is 10.9 Å². The summed E-state index contributed by atoms with van der Waals surface area (Å²) in [5.74, 6) is 0.387. The van der Waals surface area contributed by atoms with E-state index in [1.54, 1.807) is 31.2 Å². The molecule has 0 aliphatic rings. The van der Waals surface area contributed by atoms with Crippen LogP contribution in [0.3, 0.4) is 0 Å². The minimum Gasteiger partial charge on any atom is -0.456 e. The quantitative estimate of drug-likeness (QED) is 0.390. The monoisotopic (exact) mass is 274 g/mol. The zero-order valence-electron chi connectivity index (χ0n) is 11.2. The van der Waals surface area contributed by atoms with Crippen LogP contribution in [-0.4, -0.2) is 11.0 Å². The first-order valence-corrected chi connectivity index (χ1v) is 6.04. The normalized spacial score (nSPS) is 11.4. The number of hydrogen-bond acceptors (Lipinski definition) is 3. The van der Waals surface area contributed by atoms with E-state index in [1.165, 1.54) is 6.07 Å². The number of hydrogen-bond donors (Lipinski definition) is 2. The fourth-order valence-electron chi connectivity index (χ4n) is 1.80. The van der Waals surface area contributed by atoms with Gasteiger partial charge in [0.1, 0.15) is 17.3 Å². The minimum atomic E-state index is -0.346. The number of halogens is 1. The molecular weight excluding hydrogens is 259 g/mol. The fourth-order valence-corrected chi connectivity index (χ4v) is 1.80. The highest BCUT2D eigenvalue weighted by Crippen LogP contribution is 2.29. The summed E-state index contributed by atoms with van der Waals surface area (Å²) in [7, 11) is 0. The third kappa shape index (κ3) is 2.71. The molecular formula is C15H15FN2O2. The van der Waals surface area contributed by atoms with Crippen LogP contribution in [0, 0.1) is 19.7 Å². The first kappa shape index (κ1) is 13.9. The van der Waals surface area contributed by atoms with E-state index >= 15 is 0 Å². The standard InChI is InChI=1S/C15H15FN2O2/c1-9-6-7-11(8-13(9)16)20-14-10(2)4-3-5-12(14)15(17)18-19/h3-8,19H,1-2H3,(H2,17,18). The summed E-state index contributed by atoms with van der Waals surface area (Å²) in [6.07, 6.45) is 0. The van der Waals surface area contributed by atoms with Gasteiger partial charge in [0.2, 0.25) is 0 Å². The zero-order valence-corrected chi connectivity index (χ0v) is 11.2. The lowest BCUT2D eigenvalue weighted by Gasteiger charge is -2.13. The maximum Gasteiger partial charge on any atom is 0.173 e. The molecule has 104 valence electrons. The van der Waals surface area contributed by atoms with E-state index in [0.717, 1.165) is 5.56 Å². The Morgan fingerprint density at radius 2 is 1.95 bits per heavy atom. The second-order valence-electron chi connectivity index (χ2n) is 4.45. The predicted octanol–water partition coefficient (Wildman–Crippen LogP) is 3.33. The van der Waals surface area contributed by atoms with Gasteiger partial charge in [-0.25, -0.2) is 4.39 Å². The molecule has 0 aliphatic carbocycles. The largest absolute Gasteiger partial charge is 0.456 e. The van der Waals surface area contributed by atoms with Gasteiger partial charge >= 0.3 is 0 Å². The van der Waals surface area contributed by atoms with Gasteiger partial charge in [-0.3, -0.25) is 0 Å². The van der Waals surface area contributed by atoms with Crippen LogP contribution in [0.1, 0.15) is 16.7 Å². The Morgan fingerprint density at radius 1 is 1.20 bits per heavy atom. The van der Waals surface area contributed by atoms with Crippen molar-refractivity contribution in [3.63, 3.8) is 0 Å². The van der Waals surface area contributed by atoms with Crippen LogP contribution in [0.25, 0.3) is 0 Å². The van der Waals surface area contributed by atoms with Crippen molar-refractivity contribution >= 4 is 5.84 Å². The number of rotatable bonds is 3. The summed E-state index contributed by atoms with van der Waals surface area (Å²) < 4.78 is 19.2. The minimum absolute atomic E-state index is 0.0590. The average molecular weight is 274 g/mol. The number of oxime groups is 1. The topological polar surface area (TPSA) is 67.8 Å². The second-order valence-corrected chi connectivity index (χ2v) is 4.45. The lowest BCUT2D eigenvalue weighted by atomic mass is 10.1. The predicted molar refractivity (Wildman–Crippen MR) is 74.9 cm³/mol. The number of aryl methyl sites for hydroxylation is 2. The number of amidine groups is 1. The molecule has 0 amide bonds. The third-order valence-corrected chi connectivity index (χ3v) is 2.96. The number of benzene rings is 2. The van der Waals surface area contributed by atoms with E-state index in [2.05, 4.69) is 5.16 Å². The van der Waals surface area contributed by atoms with E-state index in [-0.39, 0.29) is 11.7 Å². The molecule has 0 spiro atoms. The highest BCUT2D eigenvalue weighted by molar-refractivity contribution is 6.00. The molecule has 0 unspecified atom stereocenters. The molecule has 20 heavy (non-hydrogen) atoms.